The molecule has 0 aromatic carbocycles. The number of nitrogens with zero attached hydrogens (tertiary/aromatic N) is 2. The third-order valence-electron chi connectivity index (χ3n) is 1.28. The van der Waals surface area contributed by atoms with Crippen LogP contribution in [0.3, 0.4) is 0 Å². The second kappa shape index (κ2) is 2.77. The Kier molecular flexibility index (Phi) is 2.24. The summed E-state index contributed by atoms with van der Waals surface area (Å²) < 4.78 is 4.27. The van der Waals surface area contributed by atoms with Crippen LogP contribution in [-0.4, -0.2) is 56.1 Å². The number of piperazine rings is 1. The second-order valence-electron chi connectivity index (χ2n) is 1.97. The molecule has 42 valence electrons. The summed E-state index contributed by atoms with van der Waals surface area (Å²) in [6, 6.07) is 0. The molecule has 0 amide bonds. The van der Waals surface area contributed by atoms with Gasteiger partial charge in [-0.25, -0.2) is 0 Å². The molecule has 8 heavy (non-hydrogen) atoms. The van der Waals surface area contributed by atoms with E-state index in [1.807, 2.05) is 0 Å². The molecule has 1 rings (SSSR count). The van der Waals surface area contributed by atoms with Gasteiger partial charge in [-0.3, -0.25) is 0 Å². The molecule has 2 nitrogen and oxygen atoms in total. The topological polar surface area (TPSA) is 6.48 Å². The van der Waals surface area contributed by atoms with Gasteiger partial charge in [0, 0.05) is 26.2 Å². The van der Waals surface area contributed by atoms with Crippen molar-refractivity contribution in [1.29, 1.82) is 0 Å². The van der Waals surface area contributed by atoms with Crippen molar-refractivity contribution in [2.75, 3.05) is 26.2 Å². The predicted octanol–water partition coefficient (Wildman–Crippen LogP) is -1.23. The fraction of sp³-hybridized carbons (Fsp3) is 1.00. The molecule has 0 aromatic rings. The third kappa shape index (κ3) is 1.70. The van der Waals surface area contributed by atoms with Crippen LogP contribution in [-0.2, 0) is 0 Å². The maximum atomic E-state index is 3.45. The monoisotopic (exact) mass is 140 g/mol. The van der Waals surface area contributed by atoms with Crippen molar-refractivity contribution < 1.29 is 0 Å². The lowest BCUT2D eigenvalue weighted by Gasteiger charge is -2.29. The summed E-state index contributed by atoms with van der Waals surface area (Å²) in [5.41, 5.74) is 0. The molecule has 0 aromatic heterocycles. The largest absolute Gasteiger partial charge is 0.324 e. The molecule has 1 aliphatic rings. The molecule has 0 aliphatic carbocycles. The van der Waals surface area contributed by atoms with E-state index in [0.717, 1.165) is 26.2 Å². The maximum absolute atomic E-state index is 3.45. The van der Waals surface area contributed by atoms with Gasteiger partial charge in [0.1, 0.15) is 20.8 Å². The quantitative estimate of drug-likeness (QED) is 0.389. The Morgan fingerprint density at radius 2 is 1.00 bits per heavy atom. The van der Waals surface area contributed by atoms with Crippen LogP contribution in [0.2, 0.25) is 0 Å². The molecule has 0 unspecified atom stereocenters. The van der Waals surface area contributed by atoms with Gasteiger partial charge in [-0.1, -0.05) is 0 Å². The summed E-state index contributed by atoms with van der Waals surface area (Å²) in [6.45, 7) is 4.39. The van der Waals surface area contributed by atoms with Crippen LogP contribution in [0.1, 0.15) is 0 Å². The van der Waals surface area contributed by atoms with Crippen molar-refractivity contribution in [2.45, 2.75) is 0 Å². The van der Waals surface area contributed by atoms with Crippen LogP contribution < -0.4 is 0 Å². The summed E-state index contributed by atoms with van der Waals surface area (Å²) in [5.74, 6) is 0. The van der Waals surface area contributed by atoms with Crippen LogP contribution >= 0.6 is 0 Å². The maximum Gasteiger partial charge on any atom is 0.143 e. The summed E-state index contributed by atoms with van der Waals surface area (Å²) >= 11 is 0. The first-order valence-electron chi connectivity index (χ1n) is 2.71. The summed E-state index contributed by atoms with van der Waals surface area (Å²) in [5, 5.41) is 0. The Labute approximate surface area is 56.8 Å². The van der Waals surface area contributed by atoms with Gasteiger partial charge in [0.2, 0.25) is 0 Å². The Morgan fingerprint density at radius 1 is 0.750 bits per heavy atom. The van der Waals surface area contributed by atoms with Gasteiger partial charge < -0.3 is 9.13 Å². The second-order valence-corrected chi connectivity index (χ2v) is 3.24. The minimum atomic E-state index is 1.10. The Bertz CT molecular complexity index is 60.4. The fourth-order valence-electron chi connectivity index (χ4n) is 0.706. The van der Waals surface area contributed by atoms with Gasteiger partial charge >= 0.3 is 0 Å². The number of hydrogen-bond donors (Lipinski definition) is 0. The van der Waals surface area contributed by atoms with Crippen LogP contribution in [0.4, 0.5) is 0 Å². The molecule has 4 heteroatoms. The lowest BCUT2D eigenvalue weighted by molar-refractivity contribution is 0.291. The van der Waals surface area contributed by atoms with Gasteiger partial charge in [-0.2, -0.15) is 0 Å². The summed E-state index contributed by atoms with van der Waals surface area (Å²) in [7, 11) is 6.89. The lowest BCUT2D eigenvalue weighted by atomic mass is 10.4. The van der Waals surface area contributed by atoms with E-state index in [1.54, 1.807) is 0 Å². The van der Waals surface area contributed by atoms with Crippen molar-refractivity contribution in [3.8, 4) is 0 Å². The van der Waals surface area contributed by atoms with E-state index in [2.05, 4.69) is 29.9 Å². The molecule has 1 aliphatic heterocycles. The lowest BCUT2D eigenvalue weighted by Crippen LogP contribution is -2.43. The highest BCUT2D eigenvalue weighted by Crippen LogP contribution is 1.92. The standard InChI is InChI=1S/C4H8N2Si2/c7-5-1-2-6(8)4-3-5/h1-4H2. The minimum Gasteiger partial charge on any atom is -0.324 e. The van der Waals surface area contributed by atoms with Crippen molar-refractivity contribution in [2.24, 2.45) is 0 Å². The highest BCUT2D eigenvalue weighted by atomic mass is 28.2. The molecule has 1 heterocycles. The van der Waals surface area contributed by atoms with Crippen LogP contribution in [0.25, 0.3) is 0 Å². The van der Waals surface area contributed by atoms with Crippen molar-refractivity contribution in [3.63, 3.8) is 0 Å². The first-order valence-corrected chi connectivity index (χ1v) is 3.61. The van der Waals surface area contributed by atoms with Gasteiger partial charge in [0.15, 0.2) is 0 Å². The fourth-order valence-corrected chi connectivity index (χ4v) is 1.11. The Morgan fingerprint density at radius 3 is 1.25 bits per heavy atom. The molecule has 0 saturated carbocycles. The highest BCUT2D eigenvalue weighted by Gasteiger charge is 2.07. The molecular weight excluding hydrogens is 132 g/mol. The van der Waals surface area contributed by atoms with Gasteiger partial charge in [-0.15, -0.1) is 0 Å². The third-order valence-corrected chi connectivity index (χ3v) is 2.17. The van der Waals surface area contributed by atoms with Crippen molar-refractivity contribution in [1.82, 2.24) is 9.13 Å². The van der Waals surface area contributed by atoms with E-state index in [4.69, 9.17) is 0 Å². The first kappa shape index (κ1) is 6.47. The zero-order valence-electron chi connectivity index (χ0n) is 4.72. The van der Waals surface area contributed by atoms with Crippen molar-refractivity contribution in [3.05, 3.63) is 0 Å². The zero-order chi connectivity index (χ0) is 5.98. The number of hydrogen-bond acceptors (Lipinski definition) is 2. The Balaban J connectivity index is 2.19. The van der Waals surface area contributed by atoms with E-state index in [1.165, 1.54) is 0 Å². The SMILES string of the molecule is [Si]N1CCN([Si])CC1. The molecular formula is C4H8N2Si2. The summed E-state index contributed by atoms with van der Waals surface area (Å²) in [6.07, 6.45) is 0. The average Bonchev–Trinajstić information content (AvgIpc) is 1.77. The van der Waals surface area contributed by atoms with E-state index >= 15 is 0 Å². The van der Waals surface area contributed by atoms with E-state index < -0.39 is 0 Å². The average molecular weight is 140 g/mol. The Hall–Kier alpha value is 0.354. The summed E-state index contributed by atoms with van der Waals surface area (Å²) in [4.78, 5) is 0. The van der Waals surface area contributed by atoms with Crippen LogP contribution in [0, 0.1) is 0 Å². The van der Waals surface area contributed by atoms with Gasteiger partial charge in [0.05, 0.1) is 0 Å². The van der Waals surface area contributed by atoms with Crippen LogP contribution in [0.5, 0.6) is 0 Å². The van der Waals surface area contributed by atoms with Crippen LogP contribution in [0.15, 0.2) is 0 Å². The molecule has 0 N–H and O–H groups in total. The van der Waals surface area contributed by atoms with Crippen molar-refractivity contribution >= 4 is 20.8 Å². The first-order chi connectivity index (χ1) is 3.79. The molecule has 0 bridgehead atoms. The molecule has 6 radical (unpaired) electrons. The minimum absolute atomic E-state index is 1.10. The smallest absolute Gasteiger partial charge is 0.143 e. The van der Waals surface area contributed by atoms with Gasteiger partial charge in [-0.05, 0) is 0 Å². The normalized spacial score (nSPS) is 26.2. The number of rotatable bonds is 0. The molecule has 1 saturated heterocycles. The predicted molar refractivity (Wildman–Crippen MR) is 34.7 cm³/mol. The van der Waals surface area contributed by atoms with Gasteiger partial charge in [0.25, 0.3) is 0 Å². The molecule has 1 fully saturated rings. The molecule has 0 atom stereocenters. The van der Waals surface area contributed by atoms with E-state index in [0.29, 0.717) is 0 Å². The zero-order valence-corrected chi connectivity index (χ0v) is 6.72. The highest BCUT2D eigenvalue weighted by molar-refractivity contribution is 6.06. The van der Waals surface area contributed by atoms with E-state index in [9.17, 15) is 0 Å². The van der Waals surface area contributed by atoms with E-state index in [-0.39, 0.29) is 0 Å². The molecule has 0 spiro atoms.